The summed E-state index contributed by atoms with van der Waals surface area (Å²) in [5, 5.41) is 12.2. The first kappa shape index (κ1) is 15.6. The van der Waals surface area contributed by atoms with Gasteiger partial charge in [-0.3, -0.25) is 4.79 Å². The Morgan fingerprint density at radius 3 is 2.62 bits per heavy atom. The monoisotopic (exact) mass is 327 g/mol. The normalized spacial score (nSPS) is 10.6. The van der Waals surface area contributed by atoms with Crippen molar-refractivity contribution in [2.24, 2.45) is 5.73 Å². The Morgan fingerprint density at radius 1 is 1.25 bits per heavy atom. The number of ether oxygens (including phenoxy) is 1. The maximum Gasteiger partial charge on any atom is 0.248 e. The zero-order valence-electron chi connectivity index (χ0n) is 12.8. The van der Waals surface area contributed by atoms with E-state index >= 15 is 0 Å². The highest BCUT2D eigenvalue weighted by Gasteiger charge is 2.09. The third kappa shape index (κ3) is 3.22. The van der Waals surface area contributed by atoms with Gasteiger partial charge in [0.2, 0.25) is 11.7 Å². The van der Waals surface area contributed by atoms with Crippen molar-refractivity contribution in [2.75, 3.05) is 7.11 Å². The number of primary amides is 1. The molecule has 122 valence electrons. The summed E-state index contributed by atoms with van der Waals surface area (Å²) in [6.45, 7) is 0.271. The minimum atomic E-state index is -0.500. The van der Waals surface area contributed by atoms with Gasteiger partial charge in [-0.2, -0.15) is 4.80 Å². The topological polar surface area (TPSA) is 95.9 Å². The summed E-state index contributed by atoms with van der Waals surface area (Å²) in [7, 11) is 1.41. The summed E-state index contributed by atoms with van der Waals surface area (Å²) in [6.07, 6.45) is 0. The number of nitrogens with two attached hydrogens (primary N) is 1. The molecule has 0 aliphatic heterocycles. The molecule has 0 aliphatic carbocycles. The molecule has 0 saturated heterocycles. The van der Waals surface area contributed by atoms with Gasteiger partial charge in [-0.1, -0.05) is 18.2 Å². The van der Waals surface area contributed by atoms with E-state index in [-0.39, 0.29) is 12.3 Å². The highest BCUT2D eigenvalue weighted by molar-refractivity contribution is 5.93. The first-order chi connectivity index (χ1) is 11.6. The third-order valence-corrected chi connectivity index (χ3v) is 3.42. The summed E-state index contributed by atoms with van der Waals surface area (Å²) in [5.74, 6) is -0.363. The lowest BCUT2D eigenvalue weighted by atomic mass is 10.1. The number of methoxy groups -OCH3 is 1. The summed E-state index contributed by atoms with van der Waals surface area (Å²) >= 11 is 0. The number of benzene rings is 2. The Morgan fingerprint density at radius 2 is 2.00 bits per heavy atom. The SMILES string of the molecule is COc1ccc(Cn2nnc(-c3ccc(C(N)=O)cc3)n2)cc1F. The maximum atomic E-state index is 13.7. The van der Waals surface area contributed by atoms with E-state index in [0.717, 1.165) is 0 Å². The minimum absolute atomic E-state index is 0.181. The van der Waals surface area contributed by atoms with Gasteiger partial charge in [0.15, 0.2) is 11.6 Å². The summed E-state index contributed by atoms with van der Waals surface area (Å²) in [4.78, 5) is 12.4. The van der Waals surface area contributed by atoms with Gasteiger partial charge in [0.1, 0.15) is 0 Å². The summed E-state index contributed by atoms with van der Waals surface area (Å²) in [6, 6.07) is 11.2. The number of halogens is 1. The molecule has 0 bridgehead atoms. The smallest absolute Gasteiger partial charge is 0.248 e. The molecule has 24 heavy (non-hydrogen) atoms. The van der Waals surface area contributed by atoms with E-state index in [1.54, 1.807) is 36.4 Å². The van der Waals surface area contributed by atoms with Crippen LogP contribution in [0.1, 0.15) is 15.9 Å². The van der Waals surface area contributed by atoms with Gasteiger partial charge >= 0.3 is 0 Å². The predicted octanol–water partition coefficient (Wildman–Crippen LogP) is 1.63. The van der Waals surface area contributed by atoms with Gasteiger partial charge in [0.25, 0.3) is 0 Å². The molecule has 8 heteroatoms. The zero-order chi connectivity index (χ0) is 17.1. The first-order valence-corrected chi connectivity index (χ1v) is 7.07. The van der Waals surface area contributed by atoms with E-state index in [1.807, 2.05) is 0 Å². The van der Waals surface area contributed by atoms with Gasteiger partial charge < -0.3 is 10.5 Å². The largest absolute Gasteiger partial charge is 0.494 e. The van der Waals surface area contributed by atoms with Crippen LogP contribution in [-0.4, -0.2) is 33.2 Å². The Bertz CT molecular complexity index is 876. The van der Waals surface area contributed by atoms with E-state index in [1.165, 1.54) is 18.0 Å². The number of carbonyl (C=O) groups excluding carboxylic acids is 1. The molecule has 0 fully saturated rings. The number of carbonyl (C=O) groups is 1. The minimum Gasteiger partial charge on any atom is -0.494 e. The second kappa shape index (κ2) is 6.45. The van der Waals surface area contributed by atoms with E-state index in [4.69, 9.17) is 10.5 Å². The summed E-state index contributed by atoms with van der Waals surface area (Å²) in [5.41, 5.74) is 6.98. The zero-order valence-corrected chi connectivity index (χ0v) is 12.8. The number of hydrogen-bond donors (Lipinski definition) is 1. The third-order valence-electron chi connectivity index (χ3n) is 3.42. The van der Waals surface area contributed by atoms with Crippen LogP contribution in [0.15, 0.2) is 42.5 Å². The highest BCUT2D eigenvalue weighted by atomic mass is 19.1. The molecule has 2 N–H and O–H groups in total. The van der Waals surface area contributed by atoms with Crippen LogP contribution in [0.5, 0.6) is 5.75 Å². The lowest BCUT2D eigenvalue weighted by molar-refractivity contribution is 0.100. The molecule has 0 aliphatic rings. The van der Waals surface area contributed by atoms with Crippen LogP contribution in [0, 0.1) is 5.82 Å². The van der Waals surface area contributed by atoms with Crippen molar-refractivity contribution >= 4 is 5.91 Å². The van der Waals surface area contributed by atoms with Crippen molar-refractivity contribution in [3.8, 4) is 17.1 Å². The van der Waals surface area contributed by atoms with Crippen LogP contribution >= 0.6 is 0 Å². The van der Waals surface area contributed by atoms with Crippen molar-refractivity contribution < 1.29 is 13.9 Å². The Hall–Kier alpha value is -3.29. The lowest BCUT2D eigenvalue weighted by Crippen LogP contribution is -2.10. The van der Waals surface area contributed by atoms with Gasteiger partial charge in [0, 0.05) is 11.1 Å². The van der Waals surface area contributed by atoms with E-state index in [9.17, 15) is 9.18 Å². The van der Waals surface area contributed by atoms with Crippen molar-refractivity contribution in [2.45, 2.75) is 6.54 Å². The molecule has 0 atom stereocenters. The van der Waals surface area contributed by atoms with Crippen LogP contribution in [0.2, 0.25) is 0 Å². The standard InChI is InChI=1S/C16H14FN5O2/c1-24-14-7-2-10(8-13(14)17)9-22-20-16(19-21-22)12-5-3-11(4-6-12)15(18)23/h2-8H,9H2,1H3,(H2,18,23). The number of rotatable bonds is 5. The van der Waals surface area contributed by atoms with Crippen LogP contribution in [0.25, 0.3) is 11.4 Å². The number of nitrogens with zero attached hydrogens (tertiary/aromatic N) is 4. The molecular weight excluding hydrogens is 313 g/mol. The summed E-state index contributed by atoms with van der Waals surface area (Å²) < 4.78 is 18.6. The van der Waals surface area contributed by atoms with Crippen molar-refractivity contribution in [3.63, 3.8) is 0 Å². The quantitative estimate of drug-likeness (QED) is 0.768. The van der Waals surface area contributed by atoms with Crippen LogP contribution in [0.3, 0.4) is 0 Å². The second-order valence-corrected chi connectivity index (χ2v) is 5.05. The van der Waals surface area contributed by atoms with Crippen LogP contribution in [-0.2, 0) is 6.54 Å². The molecular formula is C16H14FN5O2. The molecule has 1 amide bonds. The van der Waals surface area contributed by atoms with Gasteiger partial charge in [-0.15, -0.1) is 10.2 Å². The van der Waals surface area contributed by atoms with E-state index < -0.39 is 11.7 Å². The first-order valence-electron chi connectivity index (χ1n) is 7.07. The Balaban J connectivity index is 1.78. The molecule has 0 spiro atoms. The second-order valence-electron chi connectivity index (χ2n) is 5.05. The fraction of sp³-hybridized carbons (Fsp3) is 0.125. The molecule has 1 heterocycles. The van der Waals surface area contributed by atoms with Crippen LogP contribution in [0.4, 0.5) is 4.39 Å². The Kier molecular flexibility index (Phi) is 4.19. The molecule has 3 aromatic rings. The van der Waals surface area contributed by atoms with Crippen LogP contribution < -0.4 is 10.5 Å². The number of hydrogen-bond acceptors (Lipinski definition) is 5. The highest BCUT2D eigenvalue weighted by Crippen LogP contribution is 2.18. The molecule has 3 rings (SSSR count). The average molecular weight is 327 g/mol. The van der Waals surface area contributed by atoms with Gasteiger partial charge in [-0.25, -0.2) is 4.39 Å². The molecule has 0 saturated carbocycles. The molecule has 7 nitrogen and oxygen atoms in total. The molecule has 1 aromatic heterocycles. The molecule has 0 unspecified atom stereocenters. The van der Waals surface area contributed by atoms with Gasteiger partial charge in [0.05, 0.1) is 13.7 Å². The number of amides is 1. The number of tetrazole rings is 1. The molecule has 2 aromatic carbocycles. The fourth-order valence-electron chi connectivity index (χ4n) is 2.18. The lowest BCUT2D eigenvalue weighted by Gasteiger charge is -2.04. The van der Waals surface area contributed by atoms with Crippen molar-refractivity contribution in [1.29, 1.82) is 0 Å². The number of aromatic nitrogens is 4. The van der Waals surface area contributed by atoms with E-state index in [2.05, 4.69) is 15.4 Å². The predicted molar refractivity (Wildman–Crippen MR) is 83.8 cm³/mol. The molecule has 0 radical (unpaired) electrons. The Labute approximate surface area is 136 Å². The average Bonchev–Trinajstić information content (AvgIpc) is 3.03. The maximum absolute atomic E-state index is 13.7. The fourth-order valence-corrected chi connectivity index (χ4v) is 2.18. The van der Waals surface area contributed by atoms with Crippen molar-refractivity contribution in [3.05, 3.63) is 59.4 Å². The van der Waals surface area contributed by atoms with Gasteiger partial charge in [-0.05, 0) is 35.0 Å². The van der Waals surface area contributed by atoms with Crippen molar-refractivity contribution in [1.82, 2.24) is 20.2 Å². The van der Waals surface area contributed by atoms with E-state index in [0.29, 0.717) is 22.5 Å².